The SMILES string of the molecule is CN(C)CC(C)(C)c1ccccc1Br. The molecule has 0 aliphatic carbocycles. The van der Waals surface area contributed by atoms with Gasteiger partial charge in [-0.25, -0.2) is 0 Å². The minimum Gasteiger partial charge on any atom is -0.309 e. The summed E-state index contributed by atoms with van der Waals surface area (Å²) in [5.41, 5.74) is 1.55. The molecule has 1 nitrogen and oxygen atoms in total. The van der Waals surface area contributed by atoms with Gasteiger partial charge in [-0.2, -0.15) is 0 Å². The molecule has 1 aromatic carbocycles. The van der Waals surface area contributed by atoms with Gasteiger partial charge in [0.25, 0.3) is 0 Å². The average molecular weight is 256 g/mol. The van der Waals surface area contributed by atoms with Crippen LogP contribution in [0.3, 0.4) is 0 Å². The van der Waals surface area contributed by atoms with E-state index in [4.69, 9.17) is 0 Å². The molecule has 0 heterocycles. The second kappa shape index (κ2) is 4.45. The van der Waals surface area contributed by atoms with Crippen LogP contribution in [0.2, 0.25) is 0 Å². The monoisotopic (exact) mass is 255 g/mol. The Kier molecular flexibility index (Phi) is 3.73. The summed E-state index contributed by atoms with van der Waals surface area (Å²) in [7, 11) is 4.22. The van der Waals surface area contributed by atoms with E-state index in [-0.39, 0.29) is 5.41 Å². The third-order valence-electron chi connectivity index (χ3n) is 2.31. The zero-order chi connectivity index (χ0) is 10.8. The van der Waals surface area contributed by atoms with Crippen LogP contribution in [-0.2, 0) is 5.41 Å². The second-order valence-electron chi connectivity index (χ2n) is 4.60. The Balaban J connectivity index is 2.97. The Morgan fingerprint density at radius 3 is 2.29 bits per heavy atom. The standard InChI is InChI=1S/C12H18BrN/c1-12(2,9-14(3)4)10-7-5-6-8-11(10)13/h5-8H,9H2,1-4H3. The largest absolute Gasteiger partial charge is 0.309 e. The molecule has 0 amide bonds. The van der Waals surface area contributed by atoms with Crippen LogP contribution in [-0.4, -0.2) is 25.5 Å². The molecule has 0 unspecified atom stereocenters. The van der Waals surface area contributed by atoms with Gasteiger partial charge in [-0.15, -0.1) is 0 Å². The fourth-order valence-electron chi connectivity index (χ4n) is 1.89. The van der Waals surface area contributed by atoms with Gasteiger partial charge in [0.15, 0.2) is 0 Å². The molecule has 0 fully saturated rings. The molecule has 0 spiro atoms. The smallest absolute Gasteiger partial charge is 0.0213 e. The molecule has 0 aliphatic rings. The van der Waals surface area contributed by atoms with Crippen molar-refractivity contribution in [3.63, 3.8) is 0 Å². The Labute approximate surface area is 95.2 Å². The molecular weight excluding hydrogens is 238 g/mol. The minimum atomic E-state index is 0.184. The van der Waals surface area contributed by atoms with E-state index in [2.05, 4.69) is 73.0 Å². The van der Waals surface area contributed by atoms with Crippen molar-refractivity contribution in [1.29, 1.82) is 0 Å². The van der Waals surface area contributed by atoms with E-state index in [0.29, 0.717) is 0 Å². The first-order chi connectivity index (χ1) is 6.43. The highest BCUT2D eigenvalue weighted by atomic mass is 79.9. The summed E-state index contributed by atoms with van der Waals surface area (Å²) in [4.78, 5) is 2.22. The zero-order valence-electron chi connectivity index (χ0n) is 9.34. The zero-order valence-corrected chi connectivity index (χ0v) is 10.9. The van der Waals surface area contributed by atoms with E-state index in [1.54, 1.807) is 0 Å². The highest BCUT2D eigenvalue weighted by Gasteiger charge is 2.23. The fraction of sp³-hybridized carbons (Fsp3) is 0.500. The Bertz CT molecular complexity index is 305. The van der Waals surface area contributed by atoms with Crippen LogP contribution in [0.25, 0.3) is 0 Å². The summed E-state index contributed by atoms with van der Waals surface area (Å²) >= 11 is 3.60. The predicted octanol–water partition coefficient (Wildman–Crippen LogP) is 3.29. The number of benzene rings is 1. The first-order valence-electron chi connectivity index (χ1n) is 4.83. The molecule has 0 saturated carbocycles. The lowest BCUT2D eigenvalue weighted by molar-refractivity contribution is 0.315. The average Bonchev–Trinajstić information content (AvgIpc) is 2.02. The summed E-state index contributed by atoms with van der Waals surface area (Å²) in [6.07, 6.45) is 0. The molecule has 1 rings (SSSR count). The lowest BCUT2D eigenvalue weighted by Gasteiger charge is -2.29. The van der Waals surface area contributed by atoms with Gasteiger partial charge >= 0.3 is 0 Å². The maximum Gasteiger partial charge on any atom is 0.0213 e. The molecule has 0 atom stereocenters. The number of hydrogen-bond acceptors (Lipinski definition) is 1. The van der Waals surface area contributed by atoms with Gasteiger partial charge in [-0.05, 0) is 25.7 Å². The van der Waals surface area contributed by atoms with Crippen LogP contribution in [0.1, 0.15) is 19.4 Å². The van der Waals surface area contributed by atoms with Gasteiger partial charge in [-0.1, -0.05) is 48.0 Å². The van der Waals surface area contributed by atoms with Gasteiger partial charge in [-0.3, -0.25) is 0 Å². The number of likely N-dealkylation sites (N-methyl/N-ethyl adjacent to an activating group) is 1. The molecule has 0 saturated heterocycles. The topological polar surface area (TPSA) is 3.24 Å². The van der Waals surface area contributed by atoms with Crippen molar-refractivity contribution >= 4 is 15.9 Å². The van der Waals surface area contributed by atoms with Crippen LogP contribution in [0, 0.1) is 0 Å². The summed E-state index contributed by atoms with van der Waals surface area (Å²) < 4.78 is 1.20. The normalized spacial score (nSPS) is 12.1. The second-order valence-corrected chi connectivity index (χ2v) is 5.46. The van der Waals surface area contributed by atoms with Gasteiger partial charge < -0.3 is 4.90 Å². The third kappa shape index (κ3) is 2.82. The molecule has 0 N–H and O–H groups in total. The van der Waals surface area contributed by atoms with E-state index >= 15 is 0 Å². The molecule has 0 aromatic heterocycles. The number of hydrogen-bond donors (Lipinski definition) is 0. The maximum atomic E-state index is 3.60. The Hall–Kier alpha value is -0.340. The van der Waals surface area contributed by atoms with Gasteiger partial charge in [0.2, 0.25) is 0 Å². The number of halogens is 1. The molecule has 78 valence electrons. The first kappa shape index (κ1) is 11.7. The van der Waals surface area contributed by atoms with E-state index < -0.39 is 0 Å². The van der Waals surface area contributed by atoms with Crippen LogP contribution in [0.15, 0.2) is 28.7 Å². The van der Waals surface area contributed by atoms with Gasteiger partial charge in [0.05, 0.1) is 0 Å². The summed E-state index contributed by atoms with van der Waals surface area (Å²) in [6, 6.07) is 8.44. The van der Waals surface area contributed by atoms with E-state index in [0.717, 1.165) is 6.54 Å². The molecule has 1 aromatic rings. The molecule has 0 bridgehead atoms. The molecule has 2 heteroatoms. The van der Waals surface area contributed by atoms with E-state index in [9.17, 15) is 0 Å². The molecule has 14 heavy (non-hydrogen) atoms. The number of nitrogens with zero attached hydrogens (tertiary/aromatic N) is 1. The van der Waals surface area contributed by atoms with Crippen LogP contribution < -0.4 is 0 Å². The van der Waals surface area contributed by atoms with Crippen molar-refractivity contribution in [2.45, 2.75) is 19.3 Å². The number of rotatable bonds is 3. The van der Waals surface area contributed by atoms with Gasteiger partial charge in [0.1, 0.15) is 0 Å². The highest BCUT2D eigenvalue weighted by Crippen LogP contribution is 2.30. The van der Waals surface area contributed by atoms with Crippen LogP contribution in [0.5, 0.6) is 0 Å². The fourth-order valence-corrected chi connectivity index (χ4v) is 2.71. The summed E-state index contributed by atoms with van der Waals surface area (Å²) in [5.74, 6) is 0. The summed E-state index contributed by atoms with van der Waals surface area (Å²) in [6.45, 7) is 5.59. The third-order valence-corrected chi connectivity index (χ3v) is 3.01. The quantitative estimate of drug-likeness (QED) is 0.802. The van der Waals surface area contributed by atoms with Crippen molar-refractivity contribution in [3.05, 3.63) is 34.3 Å². The first-order valence-corrected chi connectivity index (χ1v) is 5.62. The van der Waals surface area contributed by atoms with Crippen molar-refractivity contribution in [3.8, 4) is 0 Å². The van der Waals surface area contributed by atoms with Crippen molar-refractivity contribution < 1.29 is 0 Å². The molecule has 0 aliphatic heterocycles. The van der Waals surface area contributed by atoms with Crippen molar-refractivity contribution in [2.24, 2.45) is 0 Å². The van der Waals surface area contributed by atoms with Crippen molar-refractivity contribution in [2.75, 3.05) is 20.6 Å². The highest BCUT2D eigenvalue weighted by molar-refractivity contribution is 9.10. The van der Waals surface area contributed by atoms with Crippen LogP contribution >= 0.6 is 15.9 Å². The lowest BCUT2D eigenvalue weighted by Crippen LogP contribution is -2.32. The summed E-state index contributed by atoms with van der Waals surface area (Å²) in [5, 5.41) is 0. The van der Waals surface area contributed by atoms with E-state index in [1.807, 2.05) is 0 Å². The molecular formula is C12H18BrN. The van der Waals surface area contributed by atoms with Gasteiger partial charge in [0, 0.05) is 16.4 Å². The molecule has 0 radical (unpaired) electrons. The minimum absolute atomic E-state index is 0.184. The van der Waals surface area contributed by atoms with Crippen LogP contribution in [0.4, 0.5) is 0 Å². The maximum absolute atomic E-state index is 3.60. The Morgan fingerprint density at radius 1 is 1.21 bits per heavy atom. The van der Waals surface area contributed by atoms with Crippen molar-refractivity contribution in [1.82, 2.24) is 4.90 Å². The Morgan fingerprint density at radius 2 is 1.79 bits per heavy atom. The lowest BCUT2D eigenvalue weighted by atomic mass is 9.84. The van der Waals surface area contributed by atoms with E-state index in [1.165, 1.54) is 10.0 Å². The predicted molar refractivity (Wildman–Crippen MR) is 65.7 cm³/mol.